The smallest absolute Gasteiger partial charge is 0.248 e. The molecule has 2 atom stereocenters. The van der Waals surface area contributed by atoms with Crippen LogP contribution in [0.15, 0.2) is 18.2 Å². The van der Waals surface area contributed by atoms with Crippen LogP contribution in [0.25, 0.3) is 0 Å². The Morgan fingerprint density at radius 1 is 1.29 bits per heavy atom. The number of nitrogens with one attached hydrogen (secondary N) is 1. The number of amides is 2. The SMILES string of the molecule is Cc1cc(C(N)=O)ccc1NC(=O)C1CC(C)(C)CCC1C(C)C. The molecule has 1 fully saturated rings. The van der Waals surface area contributed by atoms with Crippen LogP contribution >= 0.6 is 0 Å². The fourth-order valence-electron chi connectivity index (χ4n) is 3.88. The minimum Gasteiger partial charge on any atom is -0.366 e. The zero-order chi connectivity index (χ0) is 18.1. The molecule has 0 radical (unpaired) electrons. The molecule has 132 valence electrons. The molecule has 1 aliphatic rings. The van der Waals surface area contributed by atoms with Crippen LogP contribution in [0.5, 0.6) is 0 Å². The van der Waals surface area contributed by atoms with E-state index in [0.717, 1.165) is 24.1 Å². The van der Waals surface area contributed by atoms with Crippen LogP contribution in [0.4, 0.5) is 5.69 Å². The summed E-state index contributed by atoms with van der Waals surface area (Å²) in [4.78, 5) is 24.2. The van der Waals surface area contributed by atoms with Crippen LogP contribution < -0.4 is 11.1 Å². The van der Waals surface area contributed by atoms with E-state index in [9.17, 15) is 9.59 Å². The van der Waals surface area contributed by atoms with Gasteiger partial charge in [0.25, 0.3) is 0 Å². The normalized spacial score (nSPS) is 23.1. The molecule has 1 saturated carbocycles. The lowest BCUT2D eigenvalue weighted by molar-refractivity contribution is -0.125. The average Bonchev–Trinajstić information content (AvgIpc) is 2.47. The predicted octanol–water partition coefficient (Wildman–Crippen LogP) is 4.13. The van der Waals surface area contributed by atoms with E-state index < -0.39 is 5.91 Å². The maximum absolute atomic E-state index is 12.9. The minimum absolute atomic E-state index is 0.0315. The zero-order valence-electron chi connectivity index (χ0n) is 15.5. The lowest BCUT2D eigenvalue weighted by atomic mass is 9.64. The molecule has 0 spiro atoms. The predicted molar refractivity (Wildman–Crippen MR) is 97.8 cm³/mol. The maximum atomic E-state index is 12.9. The summed E-state index contributed by atoms with van der Waals surface area (Å²) in [6.45, 7) is 10.8. The van der Waals surface area contributed by atoms with Crippen molar-refractivity contribution in [2.45, 2.75) is 53.9 Å². The van der Waals surface area contributed by atoms with Crippen molar-refractivity contribution in [3.05, 3.63) is 29.3 Å². The number of rotatable bonds is 4. The summed E-state index contributed by atoms with van der Waals surface area (Å²) >= 11 is 0. The van der Waals surface area contributed by atoms with Crippen LogP contribution in [-0.2, 0) is 4.79 Å². The van der Waals surface area contributed by atoms with Crippen molar-refractivity contribution in [1.82, 2.24) is 0 Å². The Morgan fingerprint density at radius 2 is 1.96 bits per heavy atom. The van der Waals surface area contributed by atoms with Gasteiger partial charge in [-0.25, -0.2) is 0 Å². The maximum Gasteiger partial charge on any atom is 0.248 e. The van der Waals surface area contributed by atoms with Crippen molar-refractivity contribution < 1.29 is 9.59 Å². The van der Waals surface area contributed by atoms with Gasteiger partial charge in [0.05, 0.1) is 0 Å². The summed E-state index contributed by atoms with van der Waals surface area (Å²) in [5.74, 6) is 0.587. The van der Waals surface area contributed by atoms with Crippen LogP contribution in [0.3, 0.4) is 0 Å². The van der Waals surface area contributed by atoms with Crippen molar-refractivity contribution in [3.63, 3.8) is 0 Å². The fourth-order valence-corrected chi connectivity index (χ4v) is 3.88. The second kappa shape index (κ2) is 6.96. The molecule has 0 saturated heterocycles. The van der Waals surface area contributed by atoms with Gasteiger partial charge in [-0.3, -0.25) is 9.59 Å². The van der Waals surface area contributed by atoms with E-state index in [-0.39, 0.29) is 17.2 Å². The van der Waals surface area contributed by atoms with Gasteiger partial charge in [0.15, 0.2) is 0 Å². The van der Waals surface area contributed by atoms with Gasteiger partial charge in [0.2, 0.25) is 11.8 Å². The summed E-state index contributed by atoms with van der Waals surface area (Å²) in [6.07, 6.45) is 3.19. The highest BCUT2D eigenvalue weighted by Crippen LogP contribution is 2.45. The zero-order valence-corrected chi connectivity index (χ0v) is 15.5. The third-order valence-electron chi connectivity index (χ3n) is 5.41. The monoisotopic (exact) mass is 330 g/mol. The molecule has 0 heterocycles. The fraction of sp³-hybridized carbons (Fsp3) is 0.600. The topological polar surface area (TPSA) is 72.2 Å². The molecule has 1 aliphatic carbocycles. The molecular weight excluding hydrogens is 300 g/mol. The summed E-state index contributed by atoms with van der Waals surface area (Å²) in [6, 6.07) is 5.16. The number of carbonyl (C=O) groups excluding carboxylic acids is 2. The van der Waals surface area contributed by atoms with Gasteiger partial charge in [-0.1, -0.05) is 27.7 Å². The van der Waals surface area contributed by atoms with Gasteiger partial charge in [-0.2, -0.15) is 0 Å². The van der Waals surface area contributed by atoms with Gasteiger partial charge in [0, 0.05) is 17.2 Å². The first-order valence-electron chi connectivity index (χ1n) is 8.82. The Kier molecular flexibility index (Phi) is 5.36. The first-order valence-corrected chi connectivity index (χ1v) is 8.82. The molecular formula is C20H30N2O2. The van der Waals surface area contributed by atoms with Crippen LogP contribution in [0, 0.1) is 30.1 Å². The molecule has 1 aromatic rings. The highest BCUT2D eigenvalue weighted by Gasteiger charge is 2.40. The lowest BCUT2D eigenvalue weighted by Gasteiger charge is -2.41. The van der Waals surface area contributed by atoms with Gasteiger partial charge in [-0.15, -0.1) is 0 Å². The van der Waals surface area contributed by atoms with E-state index in [1.54, 1.807) is 18.2 Å². The molecule has 0 aliphatic heterocycles. The molecule has 2 rings (SSSR count). The van der Waals surface area contributed by atoms with Crippen molar-refractivity contribution in [1.29, 1.82) is 0 Å². The molecule has 3 N–H and O–H groups in total. The second-order valence-electron chi connectivity index (χ2n) is 8.30. The molecule has 2 amide bonds. The van der Waals surface area contributed by atoms with Crippen LogP contribution in [0.2, 0.25) is 0 Å². The molecule has 4 nitrogen and oxygen atoms in total. The van der Waals surface area contributed by atoms with E-state index in [0.29, 0.717) is 17.4 Å². The number of hydrogen-bond acceptors (Lipinski definition) is 2. The molecule has 4 heteroatoms. The van der Waals surface area contributed by atoms with Crippen LogP contribution in [0.1, 0.15) is 62.9 Å². The molecule has 1 aromatic carbocycles. The minimum atomic E-state index is -0.454. The number of hydrogen-bond donors (Lipinski definition) is 2. The van der Waals surface area contributed by atoms with Crippen LogP contribution in [-0.4, -0.2) is 11.8 Å². The van der Waals surface area contributed by atoms with Crippen molar-refractivity contribution >= 4 is 17.5 Å². The Morgan fingerprint density at radius 3 is 2.50 bits per heavy atom. The first-order chi connectivity index (χ1) is 11.1. The number of nitrogens with two attached hydrogens (primary N) is 1. The number of aryl methyl sites for hydroxylation is 1. The highest BCUT2D eigenvalue weighted by atomic mass is 16.2. The number of benzene rings is 1. The van der Waals surface area contributed by atoms with Crippen molar-refractivity contribution in [2.24, 2.45) is 28.9 Å². The summed E-state index contributed by atoms with van der Waals surface area (Å²) < 4.78 is 0. The van der Waals surface area contributed by atoms with E-state index >= 15 is 0 Å². The van der Waals surface area contributed by atoms with Gasteiger partial charge in [0.1, 0.15) is 0 Å². The van der Waals surface area contributed by atoms with Gasteiger partial charge >= 0.3 is 0 Å². The first kappa shape index (κ1) is 18.5. The highest BCUT2D eigenvalue weighted by molar-refractivity contribution is 5.96. The Bertz CT molecular complexity index is 635. The van der Waals surface area contributed by atoms with Crippen molar-refractivity contribution in [2.75, 3.05) is 5.32 Å². The summed E-state index contributed by atoms with van der Waals surface area (Å²) in [5.41, 5.74) is 7.59. The molecule has 0 bridgehead atoms. The Hall–Kier alpha value is -1.84. The Balaban J connectivity index is 2.19. The lowest BCUT2D eigenvalue weighted by Crippen LogP contribution is -2.39. The summed E-state index contributed by atoms with van der Waals surface area (Å²) in [7, 11) is 0. The number of carbonyl (C=O) groups is 2. The molecule has 24 heavy (non-hydrogen) atoms. The Labute approximate surface area is 145 Å². The summed E-state index contributed by atoms with van der Waals surface area (Å²) in [5, 5.41) is 3.08. The van der Waals surface area contributed by atoms with Gasteiger partial charge < -0.3 is 11.1 Å². The third kappa shape index (κ3) is 4.16. The van der Waals surface area contributed by atoms with Crippen molar-refractivity contribution in [3.8, 4) is 0 Å². The number of primary amides is 1. The second-order valence-corrected chi connectivity index (χ2v) is 8.30. The third-order valence-corrected chi connectivity index (χ3v) is 5.41. The standard InChI is InChI=1S/C20H30N2O2/c1-12(2)15-8-9-20(4,5)11-16(15)19(24)22-17-7-6-14(18(21)23)10-13(17)3/h6-7,10,12,15-16H,8-9,11H2,1-5H3,(H2,21,23)(H,22,24). The largest absolute Gasteiger partial charge is 0.366 e. The molecule has 0 aromatic heterocycles. The van der Waals surface area contributed by atoms with E-state index in [4.69, 9.17) is 5.73 Å². The van der Waals surface area contributed by atoms with E-state index in [1.165, 1.54) is 6.42 Å². The quantitative estimate of drug-likeness (QED) is 0.871. The van der Waals surface area contributed by atoms with E-state index in [1.807, 2.05) is 6.92 Å². The molecule has 2 unspecified atom stereocenters. The van der Waals surface area contributed by atoms with E-state index in [2.05, 4.69) is 33.0 Å². The van der Waals surface area contributed by atoms with Gasteiger partial charge in [-0.05, 0) is 67.2 Å². The average molecular weight is 330 g/mol. The number of anilines is 1.